The van der Waals surface area contributed by atoms with Crippen LogP contribution in [0.4, 0.5) is 11.4 Å². The molecule has 1 saturated heterocycles. The molecule has 1 aliphatic rings. The van der Waals surface area contributed by atoms with Gasteiger partial charge in [0.05, 0.1) is 0 Å². The Morgan fingerprint density at radius 1 is 1.12 bits per heavy atom. The summed E-state index contributed by atoms with van der Waals surface area (Å²) in [4.78, 5) is 4.77. The Bertz CT molecular complexity index is 356. The van der Waals surface area contributed by atoms with E-state index in [9.17, 15) is 0 Å². The first-order chi connectivity index (χ1) is 7.65. The van der Waals surface area contributed by atoms with Crippen LogP contribution in [-0.2, 0) is 6.54 Å². The Labute approximate surface area is 96.8 Å². The minimum absolute atomic E-state index is 0.790. The molecule has 1 heterocycles. The van der Waals surface area contributed by atoms with E-state index in [1.807, 2.05) is 18.2 Å². The first kappa shape index (κ1) is 11.2. The van der Waals surface area contributed by atoms with Crippen molar-refractivity contribution in [3.63, 3.8) is 0 Å². The van der Waals surface area contributed by atoms with Crippen LogP contribution in [0, 0.1) is 0 Å². The van der Waals surface area contributed by atoms with Crippen molar-refractivity contribution in [2.45, 2.75) is 6.54 Å². The maximum Gasteiger partial charge on any atom is 0.0361 e. The van der Waals surface area contributed by atoms with Crippen LogP contribution in [0.3, 0.4) is 0 Å². The quantitative estimate of drug-likeness (QED) is 0.717. The highest BCUT2D eigenvalue weighted by atomic mass is 15.2. The van der Waals surface area contributed by atoms with Crippen molar-refractivity contribution in [2.24, 2.45) is 0 Å². The summed E-state index contributed by atoms with van der Waals surface area (Å²) in [7, 11) is 2.16. The summed E-state index contributed by atoms with van der Waals surface area (Å²) < 4.78 is 0. The van der Waals surface area contributed by atoms with Gasteiger partial charge in [-0.25, -0.2) is 0 Å². The van der Waals surface area contributed by atoms with Gasteiger partial charge in [-0.05, 0) is 30.8 Å². The molecule has 4 N–H and O–H groups in total. The van der Waals surface area contributed by atoms with Gasteiger partial charge in [-0.1, -0.05) is 0 Å². The monoisotopic (exact) mass is 220 g/mol. The van der Waals surface area contributed by atoms with Gasteiger partial charge in [-0.15, -0.1) is 0 Å². The summed E-state index contributed by atoms with van der Waals surface area (Å²) in [5.74, 6) is 0. The number of anilines is 2. The zero-order valence-electron chi connectivity index (χ0n) is 9.82. The highest BCUT2D eigenvalue weighted by Crippen LogP contribution is 2.18. The largest absolute Gasteiger partial charge is 0.399 e. The SMILES string of the molecule is CN1CCN(Cc2cc(N)ccc2N)CC1. The number of hydrogen-bond acceptors (Lipinski definition) is 4. The number of likely N-dealkylation sites (N-methyl/N-ethyl adjacent to an activating group) is 1. The molecule has 0 amide bonds. The Kier molecular flexibility index (Phi) is 3.31. The minimum atomic E-state index is 0.790. The van der Waals surface area contributed by atoms with Gasteiger partial charge < -0.3 is 16.4 Å². The van der Waals surface area contributed by atoms with Crippen LogP contribution < -0.4 is 11.5 Å². The van der Waals surface area contributed by atoms with Crippen LogP contribution in [-0.4, -0.2) is 43.0 Å². The first-order valence-corrected chi connectivity index (χ1v) is 5.70. The molecule has 0 atom stereocenters. The third-order valence-electron chi connectivity index (χ3n) is 3.16. The molecule has 0 saturated carbocycles. The van der Waals surface area contributed by atoms with Gasteiger partial charge in [0.2, 0.25) is 0 Å². The summed E-state index contributed by atoms with van der Waals surface area (Å²) in [6, 6.07) is 5.72. The summed E-state index contributed by atoms with van der Waals surface area (Å²) in [5, 5.41) is 0. The van der Waals surface area contributed by atoms with E-state index in [-0.39, 0.29) is 0 Å². The van der Waals surface area contributed by atoms with Gasteiger partial charge >= 0.3 is 0 Å². The summed E-state index contributed by atoms with van der Waals surface area (Å²) in [6.07, 6.45) is 0. The van der Waals surface area contributed by atoms with E-state index < -0.39 is 0 Å². The molecular formula is C12H20N4. The number of rotatable bonds is 2. The summed E-state index contributed by atoms with van der Waals surface area (Å²) in [6.45, 7) is 5.37. The van der Waals surface area contributed by atoms with Gasteiger partial charge in [-0.2, -0.15) is 0 Å². The van der Waals surface area contributed by atoms with E-state index in [0.717, 1.165) is 49.7 Å². The Hall–Kier alpha value is -1.26. The maximum atomic E-state index is 5.94. The fourth-order valence-corrected chi connectivity index (χ4v) is 2.01. The molecule has 0 radical (unpaired) electrons. The normalized spacial score (nSPS) is 18.8. The zero-order valence-corrected chi connectivity index (χ0v) is 9.82. The highest BCUT2D eigenvalue weighted by molar-refractivity contribution is 5.55. The molecule has 16 heavy (non-hydrogen) atoms. The molecule has 88 valence electrons. The van der Waals surface area contributed by atoms with Crippen molar-refractivity contribution in [3.05, 3.63) is 23.8 Å². The van der Waals surface area contributed by atoms with Gasteiger partial charge in [0.15, 0.2) is 0 Å². The van der Waals surface area contributed by atoms with E-state index in [4.69, 9.17) is 11.5 Å². The molecule has 0 aromatic heterocycles. The lowest BCUT2D eigenvalue weighted by Crippen LogP contribution is -2.43. The number of nitrogens with two attached hydrogens (primary N) is 2. The average Bonchev–Trinajstić information content (AvgIpc) is 2.27. The number of piperazine rings is 1. The van der Waals surface area contributed by atoms with Crippen molar-refractivity contribution < 1.29 is 0 Å². The van der Waals surface area contributed by atoms with Crippen LogP contribution in [0.1, 0.15) is 5.56 Å². The van der Waals surface area contributed by atoms with Gasteiger partial charge in [0, 0.05) is 44.1 Å². The molecule has 4 heteroatoms. The second-order valence-electron chi connectivity index (χ2n) is 4.54. The highest BCUT2D eigenvalue weighted by Gasteiger charge is 2.14. The molecule has 4 nitrogen and oxygen atoms in total. The molecule has 0 spiro atoms. The molecule has 0 bridgehead atoms. The zero-order chi connectivity index (χ0) is 11.5. The fourth-order valence-electron chi connectivity index (χ4n) is 2.01. The number of nitrogens with zero attached hydrogens (tertiary/aromatic N) is 2. The Morgan fingerprint density at radius 2 is 1.81 bits per heavy atom. The molecule has 1 aromatic rings. The van der Waals surface area contributed by atoms with Crippen LogP contribution in [0.2, 0.25) is 0 Å². The van der Waals surface area contributed by atoms with E-state index in [1.165, 1.54) is 0 Å². The fraction of sp³-hybridized carbons (Fsp3) is 0.500. The van der Waals surface area contributed by atoms with Crippen LogP contribution in [0.25, 0.3) is 0 Å². The van der Waals surface area contributed by atoms with Gasteiger partial charge in [-0.3, -0.25) is 4.90 Å². The van der Waals surface area contributed by atoms with E-state index in [0.29, 0.717) is 0 Å². The van der Waals surface area contributed by atoms with Crippen molar-refractivity contribution in [3.8, 4) is 0 Å². The molecule has 1 fully saturated rings. The van der Waals surface area contributed by atoms with Crippen molar-refractivity contribution in [2.75, 3.05) is 44.7 Å². The van der Waals surface area contributed by atoms with E-state index in [2.05, 4.69) is 16.8 Å². The lowest BCUT2D eigenvalue weighted by molar-refractivity contribution is 0.148. The predicted octanol–water partition coefficient (Wildman–Crippen LogP) is 0.598. The second kappa shape index (κ2) is 4.72. The van der Waals surface area contributed by atoms with Gasteiger partial charge in [0.25, 0.3) is 0 Å². The molecular weight excluding hydrogens is 200 g/mol. The topological polar surface area (TPSA) is 58.5 Å². The smallest absolute Gasteiger partial charge is 0.0361 e. The van der Waals surface area contributed by atoms with E-state index in [1.54, 1.807) is 0 Å². The van der Waals surface area contributed by atoms with Crippen molar-refractivity contribution >= 4 is 11.4 Å². The van der Waals surface area contributed by atoms with Gasteiger partial charge in [0.1, 0.15) is 0 Å². The predicted molar refractivity (Wildman–Crippen MR) is 68.0 cm³/mol. The number of hydrogen-bond donors (Lipinski definition) is 2. The van der Waals surface area contributed by atoms with Crippen molar-refractivity contribution in [1.82, 2.24) is 9.80 Å². The average molecular weight is 220 g/mol. The molecule has 1 aromatic carbocycles. The molecule has 0 aliphatic carbocycles. The second-order valence-corrected chi connectivity index (χ2v) is 4.54. The summed E-state index contributed by atoms with van der Waals surface area (Å²) >= 11 is 0. The van der Waals surface area contributed by atoms with E-state index >= 15 is 0 Å². The maximum absolute atomic E-state index is 5.94. The molecule has 1 aliphatic heterocycles. The third kappa shape index (κ3) is 2.65. The van der Waals surface area contributed by atoms with Crippen LogP contribution >= 0.6 is 0 Å². The third-order valence-corrected chi connectivity index (χ3v) is 3.16. The number of nitrogen functional groups attached to an aromatic ring is 2. The van der Waals surface area contributed by atoms with Crippen LogP contribution in [0.5, 0.6) is 0 Å². The minimum Gasteiger partial charge on any atom is -0.399 e. The van der Waals surface area contributed by atoms with Crippen LogP contribution in [0.15, 0.2) is 18.2 Å². The first-order valence-electron chi connectivity index (χ1n) is 5.70. The lowest BCUT2D eigenvalue weighted by atomic mass is 10.1. The van der Waals surface area contributed by atoms with Crippen molar-refractivity contribution in [1.29, 1.82) is 0 Å². The molecule has 2 rings (SSSR count). The standard InChI is InChI=1S/C12H20N4/c1-15-4-6-16(7-5-15)9-10-8-11(13)2-3-12(10)14/h2-3,8H,4-7,9,13-14H2,1H3. The Morgan fingerprint density at radius 3 is 2.50 bits per heavy atom. The lowest BCUT2D eigenvalue weighted by Gasteiger charge is -2.32. The number of benzene rings is 1. The summed E-state index contributed by atoms with van der Waals surface area (Å²) in [5.41, 5.74) is 14.5. The molecule has 0 unspecified atom stereocenters. The Balaban J connectivity index is 2.00.